The molecule has 1 N–H and O–H groups in total. The number of rotatable bonds is 12. The van der Waals surface area contributed by atoms with Gasteiger partial charge in [0.25, 0.3) is 0 Å². The maximum absolute atomic E-state index is 13.8. The van der Waals surface area contributed by atoms with Gasteiger partial charge in [0.15, 0.2) is 5.75 Å². The predicted octanol–water partition coefficient (Wildman–Crippen LogP) is 5.72. The van der Waals surface area contributed by atoms with E-state index in [0.717, 1.165) is 39.3 Å². The number of phenolic OH excluding ortho intramolecular Hbond substituents is 1. The van der Waals surface area contributed by atoms with Crippen LogP contribution in [0.5, 0.6) is 23.0 Å². The minimum atomic E-state index is -0.494. The minimum absolute atomic E-state index is 0.0810. The number of hydrogen-bond acceptors (Lipinski definition) is 9. The van der Waals surface area contributed by atoms with E-state index < -0.39 is 5.82 Å². The number of benzene rings is 3. The molecule has 0 aliphatic carbocycles. The summed E-state index contributed by atoms with van der Waals surface area (Å²) < 4.78 is 31.7. The topological polar surface area (TPSA) is 88.5 Å². The number of carbonyl (C=O) groups excluding carboxylic acids is 2. The molecule has 10 heteroatoms. The first kappa shape index (κ1) is 29.5. The fourth-order valence-electron chi connectivity index (χ4n) is 4.81. The number of esters is 1. The van der Waals surface area contributed by atoms with E-state index in [2.05, 4.69) is 9.80 Å². The first-order valence-corrected chi connectivity index (χ1v) is 14.8. The smallest absolute Gasteiger partial charge is 0.307 e. The molecule has 1 aromatic heterocycles. The molecule has 5 rings (SSSR count). The Labute approximate surface area is 247 Å². The minimum Gasteiger partial charge on any atom is -0.508 e. The molecule has 8 nitrogen and oxygen atoms in total. The Balaban J connectivity index is 1.17. The second-order valence-electron chi connectivity index (χ2n) is 9.94. The van der Waals surface area contributed by atoms with Gasteiger partial charge in [0.1, 0.15) is 34.5 Å². The molecular weight excluding hydrogens is 559 g/mol. The third-order valence-corrected chi connectivity index (χ3v) is 8.18. The molecule has 0 bridgehead atoms. The van der Waals surface area contributed by atoms with E-state index in [1.165, 1.54) is 29.5 Å². The maximum atomic E-state index is 13.8. The standard InChI is InChI=1S/C32H33FN2O6S/c1-2-39-29(37)12-13-34-14-16-35(17-15-34)18-19-40-25-7-9-26(10-8-25)41-31-27-11-6-24(36)21-28(27)42-32(31)30(38)22-4-3-5-23(33)20-22/h3-11,20-21,36H,2,12-19H2,1H3. The van der Waals surface area contributed by atoms with Crippen molar-refractivity contribution in [2.24, 2.45) is 0 Å². The molecule has 2 heterocycles. The summed E-state index contributed by atoms with van der Waals surface area (Å²) in [4.78, 5) is 29.8. The molecule has 3 aromatic carbocycles. The molecule has 0 atom stereocenters. The van der Waals surface area contributed by atoms with Crippen LogP contribution in [0.15, 0.2) is 66.7 Å². The number of fused-ring (bicyclic) bond motifs is 1. The molecule has 0 amide bonds. The molecule has 1 fully saturated rings. The Hall–Kier alpha value is -3.99. The molecule has 1 aliphatic rings. The zero-order valence-electron chi connectivity index (χ0n) is 23.4. The molecule has 0 saturated carbocycles. The number of carbonyl (C=O) groups is 2. The Kier molecular flexibility index (Phi) is 9.68. The van der Waals surface area contributed by atoms with Crippen molar-refractivity contribution in [2.75, 3.05) is 52.5 Å². The lowest BCUT2D eigenvalue weighted by Gasteiger charge is -2.34. The second kappa shape index (κ2) is 13.8. The highest BCUT2D eigenvalue weighted by Gasteiger charge is 2.23. The average molecular weight is 593 g/mol. The molecule has 0 radical (unpaired) electrons. The van der Waals surface area contributed by atoms with E-state index in [1.807, 2.05) is 19.1 Å². The summed E-state index contributed by atoms with van der Waals surface area (Å²) in [6.07, 6.45) is 0.424. The number of halogens is 1. The highest BCUT2D eigenvalue weighted by atomic mass is 32.1. The van der Waals surface area contributed by atoms with Crippen molar-refractivity contribution in [3.05, 3.63) is 83.0 Å². The Morgan fingerprint density at radius 2 is 1.64 bits per heavy atom. The van der Waals surface area contributed by atoms with Crippen LogP contribution in [0.2, 0.25) is 0 Å². The maximum Gasteiger partial charge on any atom is 0.307 e. The van der Waals surface area contributed by atoms with E-state index in [0.29, 0.717) is 51.8 Å². The quantitative estimate of drug-likeness (QED) is 0.165. The van der Waals surface area contributed by atoms with Gasteiger partial charge < -0.3 is 24.2 Å². The van der Waals surface area contributed by atoms with Gasteiger partial charge >= 0.3 is 5.97 Å². The van der Waals surface area contributed by atoms with Gasteiger partial charge in [-0.3, -0.25) is 14.5 Å². The van der Waals surface area contributed by atoms with Crippen LogP contribution in [0, 0.1) is 5.82 Å². The molecule has 1 saturated heterocycles. The van der Waals surface area contributed by atoms with E-state index in [1.54, 1.807) is 36.4 Å². The van der Waals surface area contributed by atoms with Gasteiger partial charge in [-0.05, 0) is 61.5 Å². The van der Waals surface area contributed by atoms with Crippen LogP contribution in [-0.4, -0.2) is 79.1 Å². The van der Waals surface area contributed by atoms with Crippen LogP contribution >= 0.6 is 11.3 Å². The van der Waals surface area contributed by atoms with Crippen molar-refractivity contribution in [3.8, 4) is 23.0 Å². The van der Waals surface area contributed by atoms with Gasteiger partial charge in [-0.2, -0.15) is 0 Å². The first-order chi connectivity index (χ1) is 20.4. The summed E-state index contributed by atoms with van der Waals surface area (Å²) in [7, 11) is 0. The lowest BCUT2D eigenvalue weighted by Crippen LogP contribution is -2.47. The number of phenols is 1. The number of nitrogens with zero attached hydrogens (tertiary/aromatic N) is 2. The lowest BCUT2D eigenvalue weighted by molar-refractivity contribution is -0.143. The van der Waals surface area contributed by atoms with E-state index >= 15 is 0 Å². The lowest BCUT2D eigenvalue weighted by atomic mass is 10.1. The largest absolute Gasteiger partial charge is 0.508 e. The number of hydrogen-bond donors (Lipinski definition) is 1. The van der Waals surface area contributed by atoms with Crippen molar-refractivity contribution in [2.45, 2.75) is 13.3 Å². The van der Waals surface area contributed by atoms with Crippen LogP contribution in [0.3, 0.4) is 0 Å². The van der Waals surface area contributed by atoms with Crippen LogP contribution < -0.4 is 9.47 Å². The van der Waals surface area contributed by atoms with E-state index in [4.69, 9.17) is 14.2 Å². The van der Waals surface area contributed by atoms with Crippen molar-refractivity contribution in [3.63, 3.8) is 0 Å². The van der Waals surface area contributed by atoms with Crippen molar-refractivity contribution < 1.29 is 33.3 Å². The second-order valence-corrected chi connectivity index (χ2v) is 11.0. The zero-order valence-corrected chi connectivity index (χ0v) is 24.2. The van der Waals surface area contributed by atoms with Crippen LogP contribution in [0.4, 0.5) is 4.39 Å². The van der Waals surface area contributed by atoms with Crippen molar-refractivity contribution >= 4 is 33.2 Å². The Morgan fingerprint density at radius 1 is 0.929 bits per heavy atom. The summed E-state index contributed by atoms with van der Waals surface area (Å²) in [5.41, 5.74) is 0.220. The number of ketones is 1. The fraction of sp³-hybridized carbons (Fsp3) is 0.312. The molecule has 42 heavy (non-hydrogen) atoms. The molecule has 0 unspecified atom stereocenters. The summed E-state index contributed by atoms with van der Waals surface area (Å²) in [5, 5.41) is 10.6. The number of thiophene rings is 1. The third-order valence-electron chi connectivity index (χ3n) is 7.04. The monoisotopic (exact) mass is 592 g/mol. The third kappa shape index (κ3) is 7.44. The van der Waals surface area contributed by atoms with Gasteiger partial charge in [0.05, 0.1) is 13.0 Å². The summed E-state index contributed by atoms with van der Waals surface area (Å²) >= 11 is 1.19. The molecule has 220 valence electrons. The van der Waals surface area contributed by atoms with Gasteiger partial charge in [0, 0.05) is 54.9 Å². The first-order valence-electron chi connectivity index (χ1n) is 14.0. The molecule has 1 aliphatic heterocycles. The van der Waals surface area contributed by atoms with Gasteiger partial charge in [0.2, 0.25) is 5.78 Å². The van der Waals surface area contributed by atoms with Gasteiger partial charge in [-0.15, -0.1) is 11.3 Å². The Morgan fingerprint density at radius 3 is 2.36 bits per heavy atom. The SMILES string of the molecule is CCOC(=O)CCN1CCN(CCOc2ccc(Oc3c(C(=O)c4cccc(F)c4)sc4cc(O)ccc34)cc2)CC1. The number of ether oxygens (including phenoxy) is 3. The van der Waals surface area contributed by atoms with Crippen LogP contribution in [0.1, 0.15) is 28.6 Å². The van der Waals surface area contributed by atoms with Crippen molar-refractivity contribution in [1.29, 1.82) is 0 Å². The normalized spacial score (nSPS) is 14.1. The molecule has 4 aromatic rings. The van der Waals surface area contributed by atoms with Gasteiger partial charge in [-0.1, -0.05) is 12.1 Å². The van der Waals surface area contributed by atoms with Gasteiger partial charge in [-0.25, -0.2) is 4.39 Å². The highest BCUT2D eigenvalue weighted by Crippen LogP contribution is 2.42. The average Bonchev–Trinajstić information content (AvgIpc) is 3.34. The van der Waals surface area contributed by atoms with Crippen LogP contribution in [-0.2, 0) is 9.53 Å². The predicted molar refractivity (Wildman–Crippen MR) is 159 cm³/mol. The van der Waals surface area contributed by atoms with Crippen LogP contribution in [0.25, 0.3) is 10.1 Å². The van der Waals surface area contributed by atoms with E-state index in [9.17, 15) is 19.1 Å². The Bertz CT molecular complexity index is 1530. The fourth-order valence-corrected chi connectivity index (χ4v) is 5.93. The number of aromatic hydroxyl groups is 1. The summed E-state index contributed by atoms with van der Waals surface area (Å²) in [6, 6.07) is 17.6. The summed E-state index contributed by atoms with van der Waals surface area (Å²) in [6.45, 7) is 7.94. The molecule has 0 spiro atoms. The highest BCUT2D eigenvalue weighted by molar-refractivity contribution is 7.21. The van der Waals surface area contributed by atoms with E-state index in [-0.39, 0.29) is 23.1 Å². The van der Waals surface area contributed by atoms with Crippen molar-refractivity contribution in [1.82, 2.24) is 9.80 Å². The number of piperazine rings is 1. The molecular formula is C32H33FN2O6S. The summed E-state index contributed by atoms with van der Waals surface area (Å²) in [5.74, 6) is 0.660. The zero-order chi connectivity index (χ0) is 29.5.